The standard InChI is InChI=1S/C17H18N4O4/c22-16(15-13-4-2-1-3-11(13)6-8-25-15)20-7-5-12(9-20)21-10-14(17(23)24)18-19-21/h1-4,10,12,15H,5-9H2,(H,23,24). The Balaban J connectivity index is 1.48. The quantitative estimate of drug-likeness (QED) is 0.896. The summed E-state index contributed by atoms with van der Waals surface area (Å²) in [5, 5.41) is 16.5. The van der Waals surface area contributed by atoms with Gasteiger partial charge in [0.05, 0.1) is 18.8 Å². The van der Waals surface area contributed by atoms with Crippen molar-refractivity contribution >= 4 is 11.9 Å². The van der Waals surface area contributed by atoms with E-state index in [4.69, 9.17) is 9.84 Å². The smallest absolute Gasteiger partial charge is 0.358 e. The summed E-state index contributed by atoms with van der Waals surface area (Å²) in [5.41, 5.74) is 2.01. The summed E-state index contributed by atoms with van der Waals surface area (Å²) in [6, 6.07) is 7.81. The highest BCUT2D eigenvalue weighted by molar-refractivity contribution is 5.84. The lowest BCUT2D eigenvalue weighted by molar-refractivity contribution is -0.144. The average molecular weight is 342 g/mol. The molecular formula is C17H18N4O4. The van der Waals surface area contributed by atoms with Crippen LogP contribution in [0.25, 0.3) is 0 Å². The number of nitrogens with zero attached hydrogens (tertiary/aromatic N) is 4. The molecule has 3 heterocycles. The molecule has 4 rings (SSSR count). The molecule has 1 amide bonds. The number of benzene rings is 1. The molecule has 2 aliphatic heterocycles. The van der Waals surface area contributed by atoms with E-state index >= 15 is 0 Å². The molecule has 1 fully saturated rings. The SMILES string of the molecule is O=C(O)c1cn(C2CCN(C(=O)C3OCCc4ccccc43)C2)nn1. The lowest BCUT2D eigenvalue weighted by atomic mass is 9.97. The number of aromatic carboxylic acids is 1. The fourth-order valence-corrected chi connectivity index (χ4v) is 3.48. The largest absolute Gasteiger partial charge is 0.476 e. The molecule has 8 heteroatoms. The Kier molecular flexibility index (Phi) is 3.96. The van der Waals surface area contributed by atoms with Crippen LogP contribution in [0.3, 0.4) is 0 Å². The van der Waals surface area contributed by atoms with Crippen LogP contribution in [0, 0.1) is 0 Å². The normalized spacial score (nSPS) is 22.6. The van der Waals surface area contributed by atoms with Gasteiger partial charge in [-0.05, 0) is 24.0 Å². The van der Waals surface area contributed by atoms with Crippen molar-refractivity contribution in [3.63, 3.8) is 0 Å². The third kappa shape index (κ3) is 2.89. The number of carboxylic acid groups (broad SMARTS) is 1. The molecule has 2 aromatic rings. The van der Waals surface area contributed by atoms with Crippen molar-refractivity contribution in [3.8, 4) is 0 Å². The molecule has 8 nitrogen and oxygen atoms in total. The van der Waals surface area contributed by atoms with E-state index in [1.54, 1.807) is 4.90 Å². The predicted molar refractivity (Wildman–Crippen MR) is 86.1 cm³/mol. The minimum atomic E-state index is -1.11. The number of likely N-dealkylation sites (tertiary alicyclic amines) is 1. The van der Waals surface area contributed by atoms with E-state index in [-0.39, 0.29) is 17.6 Å². The molecule has 2 unspecified atom stereocenters. The van der Waals surface area contributed by atoms with Crippen LogP contribution < -0.4 is 0 Å². The topological polar surface area (TPSA) is 97.5 Å². The van der Waals surface area contributed by atoms with Crippen LogP contribution in [-0.2, 0) is 16.0 Å². The van der Waals surface area contributed by atoms with Gasteiger partial charge < -0.3 is 14.7 Å². The number of ether oxygens (including phenoxy) is 1. The molecule has 2 atom stereocenters. The summed E-state index contributed by atoms with van der Waals surface area (Å²) in [5.74, 6) is -1.15. The van der Waals surface area contributed by atoms with Crippen molar-refractivity contribution in [2.75, 3.05) is 19.7 Å². The first kappa shape index (κ1) is 15.8. The Morgan fingerprint density at radius 2 is 2.12 bits per heavy atom. The molecule has 1 aromatic heterocycles. The third-order valence-electron chi connectivity index (χ3n) is 4.80. The van der Waals surface area contributed by atoms with Crippen molar-refractivity contribution in [2.45, 2.75) is 25.0 Å². The van der Waals surface area contributed by atoms with Gasteiger partial charge in [0.2, 0.25) is 0 Å². The van der Waals surface area contributed by atoms with Crippen molar-refractivity contribution in [2.24, 2.45) is 0 Å². The van der Waals surface area contributed by atoms with Crippen LogP contribution in [-0.4, -0.2) is 56.6 Å². The van der Waals surface area contributed by atoms with Crippen LogP contribution in [0.5, 0.6) is 0 Å². The van der Waals surface area contributed by atoms with Crippen LogP contribution in [0.2, 0.25) is 0 Å². The Bertz CT molecular complexity index is 818. The fraction of sp³-hybridized carbons (Fsp3) is 0.412. The number of hydrogen-bond acceptors (Lipinski definition) is 5. The summed E-state index contributed by atoms with van der Waals surface area (Å²) < 4.78 is 7.29. The van der Waals surface area contributed by atoms with Gasteiger partial charge in [-0.2, -0.15) is 0 Å². The van der Waals surface area contributed by atoms with E-state index in [1.807, 2.05) is 24.3 Å². The number of carboxylic acids is 1. The summed E-state index contributed by atoms with van der Waals surface area (Å²) in [4.78, 5) is 25.6. The van der Waals surface area contributed by atoms with E-state index in [2.05, 4.69) is 10.3 Å². The molecule has 0 radical (unpaired) electrons. The molecule has 2 aliphatic rings. The molecule has 25 heavy (non-hydrogen) atoms. The molecular weight excluding hydrogens is 324 g/mol. The predicted octanol–water partition coefficient (Wildman–Crippen LogP) is 1.06. The van der Waals surface area contributed by atoms with Crippen LogP contribution in [0.4, 0.5) is 0 Å². The highest BCUT2D eigenvalue weighted by atomic mass is 16.5. The zero-order chi connectivity index (χ0) is 17.4. The lowest BCUT2D eigenvalue weighted by Gasteiger charge is -2.28. The molecule has 0 spiro atoms. The number of aromatic nitrogens is 3. The van der Waals surface area contributed by atoms with Crippen molar-refractivity contribution in [3.05, 3.63) is 47.3 Å². The lowest BCUT2D eigenvalue weighted by Crippen LogP contribution is -2.36. The second-order valence-corrected chi connectivity index (χ2v) is 6.32. The van der Waals surface area contributed by atoms with E-state index in [0.29, 0.717) is 26.1 Å². The Hall–Kier alpha value is -2.74. The maximum absolute atomic E-state index is 12.9. The van der Waals surface area contributed by atoms with Gasteiger partial charge in [-0.25, -0.2) is 9.48 Å². The molecule has 1 saturated heterocycles. The highest BCUT2D eigenvalue weighted by Gasteiger charge is 2.35. The van der Waals surface area contributed by atoms with Crippen molar-refractivity contribution in [1.29, 1.82) is 0 Å². The van der Waals surface area contributed by atoms with Gasteiger partial charge in [-0.3, -0.25) is 4.79 Å². The Morgan fingerprint density at radius 3 is 2.92 bits per heavy atom. The molecule has 0 bridgehead atoms. The van der Waals surface area contributed by atoms with Crippen molar-refractivity contribution < 1.29 is 19.4 Å². The summed E-state index contributed by atoms with van der Waals surface area (Å²) in [6.07, 6.45) is 2.38. The first-order valence-electron chi connectivity index (χ1n) is 8.27. The maximum atomic E-state index is 12.9. The number of carbonyl (C=O) groups excluding carboxylic acids is 1. The van der Waals surface area contributed by atoms with Gasteiger partial charge in [-0.1, -0.05) is 29.5 Å². The van der Waals surface area contributed by atoms with E-state index in [0.717, 1.165) is 17.5 Å². The summed E-state index contributed by atoms with van der Waals surface area (Å²) in [6.45, 7) is 1.60. The summed E-state index contributed by atoms with van der Waals surface area (Å²) >= 11 is 0. The molecule has 1 N–H and O–H groups in total. The number of rotatable bonds is 3. The van der Waals surface area contributed by atoms with E-state index in [1.165, 1.54) is 10.9 Å². The average Bonchev–Trinajstić information content (AvgIpc) is 3.30. The minimum Gasteiger partial charge on any atom is -0.476 e. The molecule has 0 aliphatic carbocycles. The monoisotopic (exact) mass is 342 g/mol. The Labute approximate surface area is 144 Å². The number of amides is 1. The van der Waals surface area contributed by atoms with Crippen LogP contribution in [0.1, 0.15) is 40.2 Å². The second kappa shape index (κ2) is 6.29. The van der Waals surface area contributed by atoms with Gasteiger partial charge >= 0.3 is 5.97 Å². The number of fused-ring (bicyclic) bond motifs is 1. The molecule has 130 valence electrons. The van der Waals surface area contributed by atoms with Crippen LogP contribution in [0.15, 0.2) is 30.5 Å². The van der Waals surface area contributed by atoms with Gasteiger partial charge in [0.25, 0.3) is 5.91 Å². The maximum Gasteiger partial charge on any atom is 0.358 e. The van der Waals surface area contributed by atoms with E-state index in [9.17, 15) is 9.59 Å². The minimum absolute atomic E-state index is 0.0479. The third-order valence-corrected chi connectivity index (χ3v) is 4.80. The number of hydrogen-bond donors (Lipinski definition) is 1. The zero-order valence-corrected chi connectivity index (χ0v) is 13.5. The fourth-order valence-electron chi connectivity index (χ4n) is 3.48. The molecule has 1 aromatic carbocycles. The van der Waals surface area contributed by atoms with Crippen LogP contribution >= 0.6 is 0 Å². The van der Waals surface area contributed by atoms with Gasteiger partial charge in [0.1, 0.15) is 0 Å². The highest BCUT2D eigenvalue weighted by Crippen LogP contribution is 2.31. The number of carbonyl (C=O) groups is 2. The van der Waals surface area contributed by atoms with Gasteiger partial charge in [0, 0.05) is 13.1 Å². The van der Waals surface area contributed by atoms with E-state index < -0.39 is 12.1 Å². The molecule has 0 saturated carbocycles. The first-order chi connectivity index (χ1) is 12.1. The first-order valence-corrected chi connectivity index (χ1v) is 8.27. The van der Waals surface area contributed by atoms with Gasteiger partial charge in [-0.15, -0.1) is 5.10 Å². The van der Waals surface area contributed by atoms with Gasteiger partial charge in [0.15, 0.2) is 11.8 Å². The second-order valence-electron chi connectivity index (χ2n) is 6.32. The zero-order valence-electron chi connectivity index (χ0n) is 13.5. The summed E-state index contributed by atoms with van der Waals surface area (Å²) in [7, 11) is 0. The Morgan fingerprint density at radius 1 is 1.28 bits per heavy atom. The van der Waals surface area contributed by atoms with Crippen molar-refractivity contribution in [1.82, 2.24) is 19.9 Å².